The van der Waals surface area contributed by atoms with Crippen molar-refractivity contribution < 1.29 is 4.79 Å². The lowest BCUT2D eigenvalue weighted by atomic mass is 10.1. The lowest BCUT2D eigenvalue weighted by molar-refractivity contribution is 0.268. The van der Waals surface area contributed by atoms with Crippen molar-refractivity contribution in [1.29, 1.82) is 0 Å². The highest BCUT2D eigenvalue weighted by Crippen LogP contribution is 2.36. The second-order valence-electron chi connectivity index (χ2n) is 4.76. The number of nitrogens with zero attached hydrogens (tertiary/aromatic N) is 1. The second kappa shape index (κ2) is 5.84. The number of carbonyl (C=O) groups is 1. The summed E-state index contributed by atoms with van der Waals surface area (Å²) in [6, 6.07) is 17.7. The van der Waals surface area contributed by atoms with Crippen LogP contribution in [-0.2, 0) is 0 Å². The molecule has 1 saturated heterocycles. The Kier molecular flexibility index (Phi) is 3.90. The Morgan fingerprint density at radius 3 is 2.38 bits per heavy atom. The molecule has 4 heteroatoms. The lowest BCUT2D eigenvalue weighted by Crippen LogP contribution is -2.26. The molecule has 0 aromatic heterocycles. The van der Waals surface area contributed by atoms with E-state index in [2.05, 4.69) is 0 Å². The van der Waals surface area contributed by atoms with E-state index in [4.69, 9.17) is 12.2 Å². The normalized spacial score (nSPS) is 16.8. The maximum absolute atomic E-state index is 12.2. The molecule has 0 bridgehead atoms. The average molecular weight is 311 g/mol. The fourth-order valence-corrected chi connectivity index (χ4v) is 3.36. The minimum Gasteiger partial charge on any atom is -0.261 e. The van der Waals surface area contributed by atoms with Crippen molar-refractivity contribution in [3.63, 3.8) is 0 Å². The maximum atomic E-state index is 12.2. The summed E-state index contributed by atoms with van der Waals surface area (Å²) in [7, 11) is 0. The monoisotopic (exact) mass is 311 g/mol. The number of hydrogen-bond acceptors (Lipinski definition) is 3. The Bertz CT molecular complexity index is 720. The van der Waals surface area contributed by atoms with E-state index in [1.807, 2.05) is 67.6 Å². The molecule has 2 nitrogen and oxygen atoms in total. The minimum absolute atomic E-state index is 0.0513. The molecule has 0 radical (unpaired) electrons. The molecule has 0 aliphatic carbocycles. The molecular weight excluding hydrogens is 298 g/mol. The van der Waals surface area contributed by atoms with E-state index < -0.39 is 0 Å². The van der Waals surface area contributed by atoms with Gasteiger partial charge in [0.25, 0.3) is 5.24 Å². The van der Waals surface area contributed by atoms with Gasteiger partial charge in [-0.25, -0.2) is 0 Å². The van der Waals surface area contributed by atoms with Crippen LogP contribution >= 0.6 is 24.0 Å². The van der Waals surface area contributed by atoms with E-state index in [-0.39, 0.29) is 5.24 Å². The van der Waals surface area contributed by atoms with E-state index in [9.17, 15) is 4.79 Å². The standard InChI is InChI=1S/C17H13NOS2/c1-12-7-9-13(10-8-12)11-15-16(20)18(17(19)21-15)14-5-3-2-4-6-14/h2-11H,1H3. The molecule has 0 spiro atoms. The Hall–Kier alpha value is -1.91. The summed E-state index contributed by atoms with van der Waals surface area (Å²) in [6.07, 6.45) is 1.97. The average Bonchev–Trinajstić information content (AvgIpc) is 2.77. The van der Waals surface area contributed by atoms with Crippen LogP contribution in [-0.4, -0.2) is 10.2 Å². The number of carbonyl (C=O) groups excluding carboxylic acids is 1. The first-order chi connectivity index (χ1) is 10.1. The van der Waals surface area contributed by atoms with Gasteiger partial charge in [0.1, 0.15) is 4.99 Å². The molecule has 2 aromatic rings. The van der Waals surface area contributed by atoms with Gasteiger partial charge in [-0.05, 0) is 42.5 Å². The van der Waals surface area contributed by atoms with Gasteiger partial charge in [-0.15, -0.1) is 0 Å². The smallest absolute Gasteiger partial charge is 0.261 e. The topological polar surface area (TPSA) is 20.3 Å². The highest BCUT2D eigenvalue weighted by molar-refractivity contribution is 8.20. The maximum Gasteiger partial charge on any atom is 0.296 e. The fraction of sp³-hybridized carbons (Fsp3) is 0.0588. The van der Waals surface area contributed by atoms with Crippen LogP contribution in [0, 0.1) is 6.92 Å². The van der Waals surface area contributed by atoms with Crippen LogP contribution in [0.5, 0.6) is 0 Å². The van der Waals surface area contributed by atoms with E-state index in [0.29, 0.717) is 4.99 Å². The van der Waals surface area contributed by atoms with Crippen molar-refractivity contribution in [3.8, 4) is 0 Å². The van der Waals surface area contributed by atoms with Gasteiger partial charge in [-0.2, -0.15) is 0 Å². The van der Waals surface area contributed by atoms with Gasteiger partial charge in [-0.1, -0.05) is 60.2 Å². The largest absolute Gasteiger partial charge is 0.296 e. The molecule has 0 atom stereocenters. The zero-order valence-corrected chi connectivity index (χ0v) is 13.1. The Balaban J connectivity index is 1.92. The molecule has 0 unspecified atom stereocenters. The number of anilines is 1. The SMILES string of the molecule is Cc1ccc(C=C2SC(=O)N(c3ccccc3)C2=S)cc1. The molecule has 1 aliphatic heterocycles. The molecular formula is C17H13NOS2. The van der Waals surface area contributed by atoms with Gasteiger partial charge in [0.2, 0.25) is 0 Å². The third-order valence-electron chi connectivity index (χ3n) is 3.18. The quantitative estimate of drug-likeness (QED) is 0.572. The van der Waals surface area contributed by atoms with Gasteiger partial charge in [-0.3, -0.25) is 9.69 Å². The van der Waals surface area contributed by atoms with Crippen LogP contribution in [0.4, 0.5) is 10.5 Å². The molecule has 104 valence electrons. The van der Waals surface area contributed by atoms with Crippen molar-refractivity contribution in [1.82, 2.24) is 0 Å². The molecule has 0 N–H and O–H groups in total. The summed E-state index contributed by atoms with van der Waals surface area (Å²) in [5.74, 6) is 0. The molecule has 1 aliphatic rings. The predicted molar refractivity (Wildman–Crippen MR) is 93.7 cm³/mol. The Morgan fingerprint density at radius 1 is 1.05 bits per heavy atom. The first kappa shape index (κ1) is 14.0. The van der Waals surface area contributed by atoms with Crippen LogP contribution in [0.3, 0.4) is 0 Å². The summed E-state index contributed by atoms with van der Waals surface area (Å²) >= 11 is 6.64. The van der Waals surface area contributed by atoms with Gasteiger partial charge in [0, 0.05) is 0 Å². The van der Waals surface area contributed by atoms with Gasteiger partial charge < -0.3 is 0 Å². The van der Waals surface area contributed by atoms with E-state index in [1.165, 1.54) is 17.3 Å². The van der Waals surface area contributed by atoms with Crippen molar-refractivity contribution in [2.24, 2.45) is 0 Å². The Labute approximate surface area is 133 Å². The third-order valence-corrected chi connectivity index (χ3v) is 4.60. The zero-order valence-electron chi connectivity index (χ0n) is 11.4. The number of amides is 1. The summed E-state index contributed by atoms with van der Waals surface area (Å²) in [6.45, 7) is 2.05. The number of hydrogen-bond donors (Lipinski definition) is 0. The number of benzene rings is 2. The molecule has 2 aromatic carbocycles. The Morgan fingerprint density at radius 2 is 1.71 bits per heavy atom. The highest BCUT2D eigenvalue weighted by Gasteiger charge is 2.32. The molecule has 0 saturated carbocycles. The van der Waals surface area contributed by atoms with Crippen LogP contribution in [0.25, 0.3) is 6.08 Å². The van der Waals surface area contributed by atoms with E-state index in [1.54, 1.807) is 4.90 Å². The number of para-hydroxylation sites is 1. The van der Waals surface area contributed by atoms with Gasteiger partial charge in [0.15, 0.2) is 0 Å². The first-order valence-corrected chi connectivity index (χ1v) is 7.77. The number of thiocarbonyl (C=S) groups is 1. The van der Waals surface area contributed by atoms with E-state index >= 15 is 0 Å². The minimum atomic E-state index is -0.0513. The fourth-order valence-electron chi connectivity index (χ4n) is 2.08. The summed E-state index contributed by atoms with van der Waals surface area (Å²) in [5, 5.41) is -0.0513. The molecule has 21 heavy (non-hydrogen) atoms. The van der Waals surface area contributed by atoms with Crippen LogP contribution in [0.1, 0.15) is 11.1 Å². The summed E-state index contributed by atoms with van der Waals surface area (Å²) < 4.78 is 0. The van der Waals surface area contributed by atoms with Crippen LogP contribution in [0.2, 0.25) is 0 Å². The lowest BCUT2D eigenvalue weighted by Gasteiger charge is -2.14. The van der Waals surface area contributed by atoms with Crippen molar-refractivity contribution >= 4 is 46.0 Å². The highest BCUT2D eigenvalue weighted by atomic mass is 32.2. The second-order valence-corrected chi connectivity index (χ2v) is 6.14. The number of rotatable bonds is 2. The molecule has 3 rings (SSSR count). The van der Waals surface area contributed by atoms with Crippen LogP contribution < -0.4 is 4.90 Å². The van der Waals surface area contributed by atoms with Crippen molar-refractivity contribution in [3.05, 3.63) is 70.6 Å². The zero-order chi connectivity index (χ0) is 14.8. The van der Waals surface area contributed by atoms with Crippen LogP contribution in [0.15, 0.2) is 59.5 Å². The van der Waals surface area contributed by atoms with Crippen molar-refractivity contribution in [2.45, 2.75) is 6.92 Å². The summed E-state index contributed by atoms with van der Waals surface area (Å²) in [5.41, 5.74) is 3.07. The molecule has 1 amide bonds. The predicted octanol–water partition coefficient (Wildman–Crippen LogP) is 5.04. The first-order valence-electron chi connectivity index (χ1n) is 6.55. The van der Waals surface area contributed by atoms with Gasteiger partial charge >= 0.3 is 0 Å². The number of aryl methyl sites for hydroxylation is 1. The van der Waals surface area contributed by atoms with E-state index in [0.717, 1.165) is 16.2 Å². The van der Waals surface area contributed by atoms with Gasteiger partial charge in [0.05, 0.1) is 10.6 Å². The van der Waals surface area contributed by atoms with Crippen molar-refractivity contribution in [2.75, 3.05) is 4.90 Å². The summed E-state index contributed by atoms with van der Waals surface area (Å²) in [4.78, 5) is 15.2. The number of thioether (sulfide) groups is 1. The molecule has 1 heterocycles. The molecule has 1 fully saturated rings. The third kappa shape index (κ3) is 2.91.